The Morgan fingerprint density at radius 1 is 1.15 bits per heavy atom. The van der Waals surface area contributed by atoms with Crippen molar-refractivity contribution in [2.45, 2.75) is 13.3 Å². The van der Waals surface area contributed by atoms with Crippen molar-refractivity contribution >= 4 is 12.4 Å². The lowest BCUT2D eigenvalue weighted by Crippen LogP contribution is -2.36. The lowest BCUT2D eigenvalue weighted by atomic mass is 10.2. The largest absolute Gasteiger partial charge is 0.490 e. The van der Waals surface area contributed by atoms with Gasteiger partial charge in [-0.2, -0.15) is 0 Å². The maximum Gasteiger partial charge on any atom is 0.119 e. The lowest BCUT2D eigenvalue weighted by molar-refractivity contribution is 0.0434. The molecule has 20 heavy (non-hydrogen) atoms. The van der Waals surface area contributed by atoms with Crippen LogP contribution in [0.5, 0.6) is 5.75 Å². The van der Waals surface area contributed by atoms with Crippen LogP contribution in [0.25, 0.3) is 0 Å². The minimum atomic E-state index is 0. The Bertz CT molecular complexity index is 386. The second-order valence-electron chi connectivity index (χ2n) is 4.69. The van der Waals surface area contributed by atoms with E-state index in [4.69, 9.17) is 9.47 Å². The number of aryl methyl sites for hydroxylation is 1. The van der Waals surface area contributed by atoms with Crippen molar-refractivity contribution in [3.8, 4) is 5.75 Å². The summed E-state index contributed by atoms with van der Waals surface area (Å²) in [5.74, 6) is 0.938. The van der Waals surface area contributed by atoms with E-state index in [0.717, 1.165) is 45.0 Å². The van der Waals surface area contributed by atoms with Gasteiger partial charge >= 0.3 is 0 Å². The monoisotopic (exact) mass is 297 g/mol. The predicted octanol–water partition coefficient (Wildman–Crippen LogP) is 2.94. The molecule has 112 valence electrons. The Morgan fingerprint density at radius 3 is 2.50 bits per heavy atom. The zero-order valence-corrected chi connectivity index (χ0v) is 12.9. The van der Waals surface area contributed by atoms with Crippen LogP contribution >= 0.6 is 12.4 Å². The highest BCUT2D eigenvalue weighted by molar-refractivity contribution is 5.85. The number of hydrogen-bond donors (Lipinski definition) is 0. The number of ether oxygens (including phenoxy) is 2. The van der Waals surface area contributed by atoms with E-state index < -0.39 is 0 Å². The quantitative estimate of drug-likeness (QED) is 0.754. The first-order valence-electron chi connectivity index (χ1n) is 7.05. The molecule has 1 aliphatic rings. The Balaban J connectivity index is 0.00000200. The molecule has 0 spiro atoms. The predicted molar refractivity (Wildman–Crippen MR) is 85.0 cm³/mol. The van der Waals surface area contributed by atoms with Crippen LogP contribution in [0.1, 0.15) is 12.5 Å². The molecule has 1 aliphatic heterocycles. The van der Waals surface area contributed by atoms with E-state index in [1.54, 1.807) is 0 Å². The molecule has 0 unspecified atom stereocenters. The fourth-order valence-electron chi connectivity index (χ4n) is 2.04. The summed E-state index contributed by atoms with van der Waals surface area (Å²) in [4.78, 5) is 2.38. The minimum absolute atomic E-state index is 0. The summed E-state index contributed by atoms with van der Waals surface area (Å²) in [6.07, 6.45) is 5.33. The molecule has 0 aromatic heterocycles. The molecule has 1 heterocycles. The fourth-order valence-corrected chi connectivity index (χ4v) is 2.04. The van der Waals surface area contributed by atoms with Gasteiger partial charge in [-0.1, -0.05) is 31.2 Å². The molecule has 1 aromatic carbocycles. The summed E-state index contributed by atoms with van der Waals surface area (Å²) in [5.41, 5.74) is 1.34. The summed E-state index contributed by atoms with van der Waals surface area (Å²) in [6.45, 7) is 7.55. The van der Waals surface area contributed by atoms with Gasteiger partial charge < -0.3 is 9.47 Å². The van der Waals surface area contributed by atoms with E-state index in [1.807, 2.05) is 12.1 Å². The molecule has 0 saturated carbocycles. The van der Waals surface area contributed by atoms with Gasteiger partial charge in [-0.05, 0) is 24.1 Å². The fraction of sp³-hybridized carbons (Fsp3) is 0.500. The molecule has 0 aliphatic carbocycles. The standard InChI is InChI=1S/C16H23NO2.ClH/c1-2-15-5-7-16(8-6-15)19-12-4-3-9-17-10-13-18-14-11-17;/h3-8H,2,9-14H2,1H3;1H/b4-3+;. The van der Waals surface area contributed by atoms with Crippen LogP contribution in [-0.4, -0.2) is 44.4 Å². The Morgan fingerprint density at radius 2 is 1.85 bits per heavy atom. The first-order chi connectivity index (χ1) is 9.38. The molecule has 0 atom stereocenters. The summed E-state index contributed by atoms with van der Waals surface area (Å²) in [7, 11) is 0. The van der Waals surface area contributed by atoms with Crippen LogP contribution in [0.2, 0.25) is 0 Å². The van der Waals surface area contributed by atoms with Crippen molar-refractivity contribution < 1.29 is 9.47 Å². The first-order valence-corrected chi connectivity index (χ1v) is 7.05. The second-order valence-corrected chi connectivity index (χ2v) is 4.69. The number of nitrogens with zero attached hydrogens (tertiary/aromatic N) is 1. The second kappa shape index (κ2) is 9.81. The van der Waals surface area contributed by atoms with Crippen LogP contribution in [0.3, 0.4) is 0 Å². The smallest absolute Gasteiger partial charge is 0.119 e. The maximum absolute atomic E-state index is 5.66. The van der Waals surface area contributed by atoms with Crippen LogP contribution < -0.4 is 4.74 Å². The van der Waals surface area contributed by atoms with Gasteiger partial charge in [-0.3, -0.25) is 4.90 Å². The number of benzene rings is 1. The highest BCUT2D eigenvalue weighted by Crippen LogP contribution is 2.12. The zero-order chi connectivity index (χ0) is 13.3. The number of rotatable bonds is 6. The number of hydrogen-bond acceptors (Lipinski definition) is 3. The molecule has 2 rings (SSSR count). The Labute approximate surface area is 128 Å². The van der Waals surface area contributed by atoms with E-state index in [2.05, 4.69) is 36.1 Å². The summed E-state index contributed by atoms with van der Waals surface area (Å²) in [6, 6.07) is 8.31. The normalized spacial score (nSPS) is 16.1. The summed E-state index contributed by atoms with van der Waals surface area (Å²) in [5, 5.41) is 0. The van der Waals surface area contributed by atoms with E-state index in [9.17, 15) is 0 Å². The highest BCUT2D eigenvalue weighted by atomic mass is 35.5. The third kappa shape index (κ3) is 5.95. The maximum atomic E-state index is 5.66. The van der Waals surface area contributed by atoms with Crippen LogP contribution in [0.15, 0.2) is 36.4 Å². The molecular weight excluding hydrogens is 274 g/mol. The van der Waals surface area contributed by atoms with Gasteiger partial charge in [0.2, 0.25) is 0 Å². The molecule has 1 saturated heterocycles. The zero-order valence-electron chi connectivity index (χ0n) is 12.1. The molecular formula is C16H24ClNO2. The molecule has 0 radical (unpaired) electrons. The minimum Gasteiger partial charge on any atom is -0.490 e. The van der Waals surface area contributed by atoms with Crippen LogP contribution in [-0.2, 0) is 11.2 Å². The van der Waals surface area contributed by atoms with Gasteiger partial charge in [0, 0.05) is 19.6 Å². The average Bonchev–Trinajstić information content (AvgIpc) is 2.49. The Hall–Kier alpha value is -1.03. The topological polar surface area (TPSA) is 21.7 Å². The van der Waals surface area contributed by atoms with Crippen LogP contribution in [0.4, 0.5) is 0 Å². The van der Waals surface area contributed by atoms with E-state index in [0.29, 0.717) is 6.61 Å². The van der Waals surface area contributed by atoms with Gasteiger partial charge in [-0.25, -0.2) is 0 Å². The van der Waals surface area contributed by atoms with Crippen molar-refractivity contribution in [1.29, 1.82) is 0 Å². The van der Waals surface area contributed by atoms with Gasteiger partial charge in [0.05, 0.1) is 13.2 Å². The SMILES string of the molecule is CCc1ccc(OC/C=C/CN2CCOCC2)cc1.Cl. The van der Waals surface area contributed by atoms with Gasteiger partial charge in [0.15, 0.2) is 0 Å². The van der Waals surface area contributed by atoms with E-state index in [-0.39, 0.29) is 12.4 Å². The molecule has 0 amide bonds. The van der Waals surface area contributed by atoms with Gasteiger partial charge in [0.25, 0.3) is 0 Å². The molecule has 1 aromatic rings. The molecule has 1 fully saturated rings. The molecule has 3 nitrogen and oxygen atoms in total. The average molecular weight is 298 g/mol. The molecule has 0 N–H and O–H groups in total. The third-order valence-electron chi connectivity index (χ3n) is 3.31. The molecule has 0 bridgehead atoms. The van der Waals surface area contributed by atoms with E-state index >= 15 is 0 Å². The number of morpholine rings is 1. The molecule has 4 heteroatoms. The van der Waals surface area contributed by atoms with Gasteiger partial charge in [-0.15, -0.1) is 12.4 Å². The number of halogens is 1. The lowest BCUT2D eigenvalue weighted by Gasteiger charge is -2.25. The van der Waals surface area contributed by atoms with Crippen molar-refractivity contribution in [2.75, 3.05) is 39.5 Å². The van der Waals surface area contributed by atoms with Crippen molar-refractivity contribution in [3.05, 3.63) is 42.0 Å². The van der Waals surface area contributed by atoms with Gasteiger partial charge in [0.1, 0.15) is 12.4 Å². The highest BCUT2D eigenvalue weighted by Gasteiger charge is 2.07. The van der Waals surface area contributed by atoms with Crippen LogP contribution in [0, 0.1) is 0 Å². The summed E-state index contributed by atoms with van der Waals surface area (Å²) < 4.78 is 11.0. The van der Waals surface area contributed by atoms with Crippen molar-refractivity contribution in [2.24, 2.45) is 0 Å². The summed E-state index contributed by atoms with van der Waals surface area (Å²) >= 11 is 0. The van der Waals surface area contributed by atoms with E-state index in [1.165, 1.54) is 5.56 Å². The Kier molecular flexibility index (Phi) is 8.35. The third-order valence-corrected chi connectivity index (χ3v) is 3.31. The van der Waals surface area contributed by atoms with Crippen molar-refractivity contribution in [1.82, 2.24) is 4.90 Å². The van der Waals surface area contributed by atoms with Crippen molar-refractivity contribution in [3.63, 3.8) is 0 Å². The first kappa shape index (κ1) is 17.0.